The molecule has 0 saturated carbocycles. The van der Waals surface area contributed by atoms with Gasteiger partial charge in [-0.15, -0.1) is 0 Å². The van der Waals surface area contributed by atoms with Crippen molar-refractivity contribution in [1.29, 1.82) is 0 Å². The molecule has 0 aliphatic carbocycles. The number of aryl methyl sites for hydroxylation is 2. The molecule has 0 aromatic carbocycles. The molecule has 1 atom stereocenters. The molecule has 0 radical (unpaired) electrons. The van der Waals surface area contributed by atoms with E-state index in [1.54, 1.807) is 4.90 Å². The molecule has 140 valence electrons. The summed E-state index contributed by atoms with van der Waals surface area (Å²) < 4.78 is 23.6. The number of carbonyl (C=O) groups excluding carboxylic acids is 1. The van der Waals surface area contributed by atoms with Crippen molar-refractivity contribution >= 4 is 27.5 Å². The van der Waals surface area contributed by atoms with Gasteiger partial charge in [-0.3, -0.25) is 4.79 Å². The Labute approximate surface area is 154 Å². The highest BCUT2D eigenvalue weighted by Gasteiger charge is 2.34. The SMILES string of the molecule is Cc1nc(SCC(=O)N(CC(C)C)C2CCS(=O)(=O)C2)nc(C)c1C. The van der Waals surface area contributed by atoms with Gasteiger partial charge in [0, 0.05) is 24.0 Å². The van der Waals surface area contributed by atoms with Crippen LogP contribution < -0.4 is 0 Å². The molecule has 0 bridgehead atoms. The molecule has 25 heavy (non-hydrogen) atoms. The monoisotopic (exact) mass is 385 g/mol. The molecule has 1 unspecified atom stereocenters. The average Bonchev–Trinajstić information content (AvgIpc) is 2.87. The smallest absolute Gasteiger partial charge is 0.233 e. The molecule has 2 heterocycles. The van der Waals surface area contributed by atoms with Gasteiger partial charge in [0.25, 0.3) is 0 Å². The van der Waals surface area contributed by atoms with Crippen molar-refractivity contribution in [3.05, 3.63) is 17.0 Å². The van der Waals surface area contributed by atoms with Crippen molar-refractivity contribution < 1.29 is 13.2 Å². The highest BCUT2D eigenvalue weighted by molar-refractivity contribution is 7.99. The van der Waals surface area contributed by atoms with Gasteiger partial charge in [-0.25, -0.2) is 18.4 Å². The van der Waals surface area contributed by atoms with E-state index in [1.807, 2.05) is 34.6 Å². The standard InChI is InChI=1S/C17H27N3O3S2/c1-11(2)8-20(15-6-7-25(22,23)10-15)16(21)9-24-17-18-13(4)12(3)14(5)19-17/h11,15H,6-10H2,1-5H3. The normalized spacial score (nSPS) is 19.4. The Balaban J connectivity index is 2.07. The van der Waals surface area contributed by atoms with E-state index in [9.17, 15) is 13.2 Å². The third-order valence-corrected chi connectivity index (χ3v) is 7.05. The Morgan fingerprint density at radius 1 is 1.24 bits per heavy atom. The van der Waals surface area contributed by atoms with Gasteiger partial charge in [-0.05, 0) is 38.7 Å². The molecule has 6 nitrogen and oxygen atoms in total. The van der Waals surface area contributed by atoms with Crippen LogP contribution in [0.1, 0.15) is 37.2 Å². The first-order valence-electron chi connectivity index (χ1n) is 8.53. The van der Waals surface area contributed by atoms with Crippen LogP contribution in [0.2, 0.25) is 0 Å². The van der Waals surface area contributed by atoms with E-state index in [4.69, 9.17) is 0 Å². The second-order valence-corrected chi connectivity index (χ2v) is 10.3. The van der Waals surface area contributed by atoms with Gasteiger partial charge < -0.3 is 4.90 Å². The number of thioether (sulfide) groups is 1. The second kappa shape index (κ2) is 8.03. The second-order valence-electron chi connectivity index (χ2n) is 7.09. The number of carbonyl (C=O) groups is 1. The molecule has 1 amide bonds. The first kappa shape index (κ1) is 20.2. The number of hydrogen-bond acceptors (Lipinski definition) is 6. The number of amides is 1. The van der Waals surface area contributed by atoms with E-state index < -0.39 is 9.84 Å². The number of sulfone groups is 1. The lowest BCUT2D eigenvalue weighted by Crippen LogP contribution is -2.44. The molecular formula is C17H27N3O3S2. The van der Waals surface area contributed by atoms with Gasteiger partial charge in [-0.2, -0.15) is 0 Å². The topological polar surface area (TPSA) is 80.2 Å². The largest absolute Gasteiger partial charge is 0.338 e. The lowest BCUT2D eigenvalue weighted by atomic mass is 10.1. The molecule has 1 fully saturated rings. The minimum absolute atomic E-state index is 0.0414. The molecule has 1 saturated heterocycles. The summed E-state index contributed by atoms with van der Waals surface area (Å²) in [5.74, 6) is 0.727. The van der Waals surface area contributed by atoms with Crippen molar-refractivity contribution in [3.63, 3.8) is 0 Å². The van der Waals surface area contributed by atoms with E-state index in [-0.39, 0.29) is 35.1 Å². The molecule has 1 aromatic rings. The summed E-state index contributed by atoms with van der Waals surface area (Å²) in [5.41, 5.74) is 2.90. The van der Waals surface area contributed by atoms with E-state index in [1.165, 1.54) is 11.8 Å². The van der Waals surface area contributed by atoms with Crippen LogP contribution >= 0.6 is 11.8 Å². The maximum absolute atomic E-state index is 12.7. The lowest BCUT2D eigenvalue weighted by Gasteiger charge is -2.29. The van der Waals surface area contributed by atoms with Gasteiger partial charge in [-0.1, -0.05) is 25.6 Å². The van der Waals surface area contributed by atoms with Gasteiger partial charge in [0.2, 0.25) is 5.91 Å². The quantitative estimate of drug-likeness (QED) is 0.551. The summed E-state index contributed by atoms with van der Waals surface area (Å²) >= 11 is 1.32. The molecule has 0 spiro atoms. The number of hydrogen-bond donors (Lipinski definition) is 0. The lowest BCUT2D eigenvalue weighted by molar-refractivity contribution is -0.130. The van der Waals surface area contributed by atoms with E-state index >= 15 is 0 Å². The summed E-state index contributed by atoms with van der Waals surface area (Å²) in [6.07, 6.45) is 0.532. The fraction of sp³-hybridized carbons (Fsp3) is 0.706. The molecule has 0 N–H and O–H groups in total. The van der Waals surface area contributed by atoms with Crippen molar-refractivity contribution in [1.82, 2.24) is 14.9 Å². The first-order chi connectivity index (χ1) is 11.6. The summed E-state index contributed by atoms with van der Waals surface area (Å²) in [6.45, 7) is 10.5. The van der Waals surface area contributed by atoms with Crippen molar-refractivity contribution in [2.75, 3.05) is 23.8 Å². The van der Waals surface area contributed by atoms with Crippen molar-refractivity contribution in [3.8, 4) is 0 Å². The van der Waals surface area contributed by atoms with Crippen molar-refractivity contribution in [2.24, 2.45) is 5.92 Å². The molecule has 1 aliphatic heterocycles. The number of rotatable bonds is 6. The van der Waals surface area contributed by atoms with E-state index in [0.717, 1.165) is 17.0 Å². The van der Waals surface area contributed by atoms with E-state index in [2.05, 4.69) is 9.97 Å². The maximum atomic E-state index is 12.7. The molecule has 8 heteroatoms. The van der Waals surface area contributed by atoms with Gasteiger partial charge in [0.15, 0.2) is 15.0 Å². The predicted octanol–water partition coefficient (Wildman–Crippen LogP) is 2.17. The molecule has 1 aliphatic rings. The van der Waals surface area contributed by atoms with Gasteiger partial charge in [0.1, 0.15) is 0 Å². The third kappa shape index (κ3) is 5.41. The summed E-state index contributed by atoms with van der Waals surface area (Å²) in [6, 6.07) is -0.206. The van der Waals surface area contributed by atoms with Crippen molar-refractivity contribution in [2.45, 2.75) is 52.2 Å². The Morgan fingerprint density at radius 2 is 1.84 bits per heavy atom. The van der Waals surface area contributed by atoms with Crippen LogP contribution in [-0.4, -0.2) is 59.0 Å². The van der Waals surface area contributed by atoms with Gasteiger partial charge >= 0.3 is 0 Å². The van der Waals surface area contributed by atoms with E-state index in [0.29, 0.717) is 18.1 Å². The summed E-state index contributed by atoms with van der Waals surface area (Å²) in [7, 11) is -3.02. The summed E-state index contributed by atoms with van der Waals surface area (Å²) in [4.78, 5) is 23.4. The highest BCUT2D eigenvalue weighted by Crippen LogP contribution is 2.22. The van der Waals surface area contributed by atoms with Gasteiger partial charge in [0.05, 0.1) is 17.3 Å². The van der Waals surface area contributed by atoms with Crippen LogP contribution in [0.4, 0.5) is 0 Å². The zero-order valence-electron chi connectivity index (χ0n) is 15.6. The minimum atomic E-state index is -3.02. The number of nitrogens with zero attached hydrogens (tertiary/aromatic N) is 3. The zero-order chi connectivity index (χ0) is 18.8. The summed E-state index contributed by atoms with van der Waals surface area (Å²) in [5, 5.41) is 0.595. The van der Waals surface area contributed by atoms with Crippen LogP contribution in [0.25, 0.3) is 0 Å². The predicted molar refractivity (Wildman–Crippen MR) is 101 cm³/mol. The van der Waals surface area contributed by atoms with Crippen LogP contribution in [-0.2, 0) is 14.6 Å². The first-order valence-corrected chi connectivity index (χ1v) is 11.3. The number of aromatic nitrogens is 2. The fourth-order valence-corrected chi connectivity index (χ4v) is 5.44. The maximum Gasteiger partial charge on any atom is 0.233 e. The van der Waals surface area contributed by atoms with Crippen LogP contribution in [0.15, 0.2) is 5.16 Å². The third-order valence-electron chi connectivity index (χ3n) is 4.47. The van der Waals surface area contributed by atoms with Crippen LogP contribution in [0.3, 0.4) is 0 Å². The Morgan fingerprint density at radius 3 is 2.32 bits per heavy atom. The Hall–Kier alpha value is -1.15. The Bertz CT molecular complexity index is 725. The molecule has 2 rings (SSSR count). The van der Waals surface area contributed by atoms with Crippen LogP contribution in [0, 0.1) is 26.7 Å². The molecule has 1 aromatic heterocycles. The molecular weight excluding hydrogens is 358 g/mol. The zero-order valence-corrected chi connectivity index (χ0v) is 17.2. The Kier molecular flexibility index (Phi) is 6.48. The minimum Gasteiger partial charge on any atom is -0.338 e. The van der Waals surface area contributed by atoms with Crippen LogP contribution in [0.5, 0.6) is 0 Å². The fourth-order valence-electron chi connectivity index (χ4n) is 2.88. The average molecular weight is 386 g/mol. The highest BCUT2D eigenvalue weighted by atomic mass is 32.2.